The first-order valence-electron chi connectivity index (χ1n) is 7.73. The molecule has 2 rings (SSSR count). The van der Waals surface area contributed by atoms with E-state index in [1.54, 1.807) is 12.1 Å². The molecule has 22 heavy (non-hydrogen) atoms. The second-order valence-electron chi connectivity index (χ2n) is 7.03. The lowest BCUT2D eigenvalue weighted by molar-refractivity contribution is -0.123. The number of rotatable bonds is 4. The van der Waals surface area contributed by atoms with E-state index >= 15 is 0 Å². The standard InChI is InChI=1S/C19H24N2O/c1-12(2)10-16-17(19(16,4)5)18(22)21-13(3)15-8-6-14(11-20)7-9-15/h6-10,13,16-17H,1-5H3,(H,21,22). The molecule has 1 aliphatic rings. The quantitative estimate of drug-likeness (QED) is 0.855. The van der Waals surface area contributed by atoms with Gasteiger partial charge in [-0.05, 0) is 49.8 Å². The highest BCUT2D eigenvalue weighted by Crippen LogP contribution is 2.59. The zero-order chi connectivity index (χ0) is 16.5. The van der Waals surface area contributed by atoms with Crippen LogP contribution in [-0.4, -0.2) is 5.91 Å². The fourth-order valence-corrected chi connectivity index (χ4v) is 3.08. The summed E-state index contributed by atoms with van der Waals surface area (Å²) < 4.78 is 0. The van der Waals surface area contributed by atoms with E-state index in [0.717, 1.165) is 5.56 Å². The smallest absolute Gasteiger partial charge is 0.224 e. The average Bonchev–Trinajstić information content (AvgIpc) is 2.99. The van der Waals surface area contributed by atoms with Crippen LogP contribution in [0.4, 0.5) is 0 Å². The Balaban J connectivity index is 2.03. The lowest BCUT2D eigenvalue weighted by Gasteiger charge is -2.15. The van der Waals surface area contributed by atoms with E-state index in [0.29, 0.717) is 11.5 Å². The summed E-state index contributed by atoms with van der Waals surface area (Å²) in [5, 5.41) is 11.9. The van der Waals surface area contributed by atoms with Crippen LogP contribution >= 0.6 is 0 Å². The molecule has 1 amide bonds. The molecule has 0 aliphatic heterocycles. The Hall–Kier alpha value is -2.08. The van der Waals surface area contributed by atoms with Crippen LogP contribution in [0.5, 0.6) is 0 Å². The fraction of sp³-hybridized carbons (Fsp3) is 0.474. The van der Waals surface area contributed by atoms with Gasteiger partial charge >= 0.3 is 0 Å². The predicted octanol–water partition coefficient (Wildman–Crippen LogP) is 3.97. The molecule has 1 aromatic rings. The summed E-state index contributed by atoms with van der Waals surface area (Å²) in [7, 11) is 0. The van der Waals surface area contributed by atoms with Gasteiger partial charge in [0.05, 0.1) is 23.6 Å². The zero-order valence-corrected chi connectivity index (χ0v) is 14.0. The molecule has 0 spiro atoms. The highest BCUT2D eigenvalue weighted by molar-refractivity contribution is 5.84. The van der Waals surface area contributed by atoms with E-state index in [1.165, 1.54) is 5.57 Å². The van der Waals surface area contributed by atoms with Crippen molar-refractivity contribution >= 4 is 5.91 Å². The third-order valence-electron chi connectivity index (χ3n) is 4.60. The van der Waals surface area contributed by atoms with Crippen LogP contribution in [0.3, 0.4) is 0 Å². The van der Waals surface area contributed by atoms with Crippen LogP contribution < -0.4 is 5.32 Å². The van der Waals surface area contributed by atoms with Crippen LogP contribution in [0.2, 0.25) is 0 Å². The molecule has 1 saturated carbocycles. The van der Waals surface area contributed by atoms with Gasteiger partial charge < -0.3 is 5.32 Å². The van der Waals surface area contributed by atoms with Gasteiger partial charge in [0.2, 0.25) is 5.91 Å². The Bertz CT molecular complexity index is 630. The van der Waals surface area contributed by atoms with Gasteiger partial charge in [-0.15, -0.1) is 0 Å². The minimum absolute atomic E-state index is 0.0335. The molecule has 0 radical (unpaired) electrons. The van der Waals surface area contributed by atoms with Crippen molar-refractivity contribution < 1.29 is 4.79 Å². The molecular formula is C19H24N2O. The molecule has 0 saturated heterocycles. The monoisotopic (exact) mass is 296 g/mol. The number of nitriles is 1. The second kappa shape index (κ2) is 5.96. The van der Waals surface area contributed by atoms with E-state index < -0.39 is 0 Å². The van der Waals surface area contributed by atoms with Crippen molar-refractivity contribution in [3.63, 3.8) is 0 Å². The van der Waals surface area contributed by atoms with Gasteiger partial charge in [-0.3, -0.25) is 4.79 Å². The molecule has 0 aromatic heterocycles. The van der Waals surface area contributed by atoms with Crippen molar-refractivity contribution in [1.82, 2.24) is 5.32 Å². The minimum Gasteiger partial charge on any atom is -0.349 e. The van der Waals surface area contributed by atoms with Crippen molar-refractivity contribution in [2.75, 3.05) is 0 Å². The molecule has 116 valence electrons. The number of hydrogen-bond donors (Lipinski definition) is 1. The van der Waals surface area contributed by atoms with Crippen molar-refractivity contribution in [2.24, 2.45) is 17.3 Å². The molecule has 3 nitrogen and oxygen atoms in total. The molecule has 1 aliphatic carbocycles. The number of carbonyl (C=O) groups is 1. The zero-order valence-electron chi connectivity index (χ0n) is 14.0. The highest BCUT2D eigenvalue weighted by atomic mass is 16.2. The number of hydrogen-bond acceptors (Lipinski definition) is 2. The number of nitrogens with zero attached hydrogens (tertiary/aromatic N) is 1. The fourth-order valence-electron chi connectivity index (χ4n) is 3.08. The normalized spacial score (nSPS) is 23.1. The lowest BCUT2D eigenvalue weighted by Crippen LogP contribution is -2.29. The third kappa shape index (κ3) is 3.22. The number of carbonyl (C=O) groups excluding carboxylic acids is 1. The van der Waals surface area contributed by atoms with Crippen molar-refractivity contribution in [2.45, 2.75) is 40.7 Å². The average molecular weight is 296 g/mol. The minimum atomic E-state index is -0.0519. The van der Waals surface area contributed by atoms with Crippen LogP contribution in [0.15, 0.2) is 35.9 Å². The SMILES string of the molecule is CC(C)=CC1C(C(=O)NC(C)c2ccc(C#N)cc2)C1(C)C. The summed E-state index contributed by atoms with van der Waals surface area (Å²) in [5.74, 6) is 0.484. The topological polar surface area (TPSA) is 52.9 Å². The Morgan fingerprint density at radius 2 is 1.91 bits per heavy atom. The van der Waals surface area contributed by atoms with Gasteiger partial charge in [-0.2, -0.15) is 5.26 Å². The summed E-state index contributed by atoms with van der Waals surface area (Å²) >= 11 is 0. The Morgan fingerprint density at radius 1 is 1.32 bits per heavy atom. The predicted molar refractivity (Wildman–Crippen MR) is 87.9 cm³/mol. The van der Waals surface area contributed by atoms with Gasteiger partial charge in [0.1, 0.15) is 0 Å². The Labute approximate surface area is 133 Å². The first kappa shape index (κ1) is 16.3. The highest BCUT2D eigenvalue weighted by Gasteiger charge is 2.60. The molecule has 1 aromatic carbocycles. The lowest BCUT2D eigenvalue weighted by atomic mass is 10.1. The number of allylic oxidation sites excluding steroid dienone is 2. The van der Waals surface area contributed by atoms with Gasteiger partial charge in [-0.1, -0.05) is 37.6 Å². The van der Waals surface area contributed by atoms with Crippen molar-refractivity contribution in [1.29, 1.82) is 5.26 Å². The van der Waals surface area contributed by atoms with Gasteiger partial charge in [0, 0.05) is 0 Å². The molecule has 1 N–H and O–H groups in total. The summed E-state index contributed by atoms with van der Waals surface area (Å²) in [5.41, 5.74) is 2.94. The molecule has 3 atom stereocenters. The van der Waals surface area contributed by atoms with Gasteiger partial charge in [0.25, 0.3) is 0 Å². The molecule has 1 fully saturated rings. The first-order chi connectivity index (χ1) is 10.3. The van der Waals surface area contributed by atoms with E-state index in [-0.39, 0.29) is 23.3 Å². The number of nitrogens with one attached hydrogen (secondary N) is 1. The van der Waals surface area contributed by atoms with Crippen LogP contribution in [0.25, 0.3) is 0 Å². The maximum atomic E-state index is 12.5. The Kier molecular flexibility index (Phi) is 4.42. The third-order valence-corrected chi connectivity index (χ3v) is 4.60. The molecule has 0 heterocycles. The second-order valence-corrected chi connectivity index (χ2v) is 7.03. The first-order valence-corrected chi connectivity index (χ1v) is 7.73. The van der Waals surface area contributed by atoms with E-state index in [9.17, 15) is 4.79 Å². The largest absolute Gasteiger partial charge is 0.349 e. The molecule has 3 heteroatoms. The summed E-state index contributed by atoms with van der Waals surface area (Å²) in [6.07, 6.45) is 2.20. The molecule has 0 bridgehead atoms. The number of benzene rings is 1. The van der Waals surface area contributed by atoms with Crippen LogP contribution in [0.1, 0.15) is 51.8 Å². The summed E-state index contributed by atoms with van der Waals surface area (Å²) in [6.45, 7) is 10.4. The maximum Gasteiger partial charge on any atom is 0.224 e. The summed E-state index contributed by atoms with van der Waals surface area (Å²) in [6, 6.07) is 9.41. The molecular weight excluding hydrogens is 272 g/mol. The van der Waals surface area contributed by atoms with Crippen LogP contribution in [-0.2, 0) is 4.79 Å². The van der Waals surface area contributed by atoms with E-state index in [4.69, 9.17) is 5.26 Å². The van der Waals surface area contributed by atoms with Gasteiger partial charge in [-0.25, -0.2) is 0 Å². The van der Waals surface area contributed by atoms with E-state index in [1.807, 2.05) is 19.1 Å². The van der Waals surface area contributed by atoms with Crippen molar-refractivity contribution in [3.8, 4) is 6.07 Å². The summed E-state index contributed by atoms with van der Waals surface area (Å²) in [4.78, 5) is 12.5. The number of amides is 1. The maximum absolute atomic E-state index is 12.5. The van der Waals surface area contributed by atoms with Crippen LogP contribution in [0, 0.1) is 28.6 Å². The molecule has 3 unspecified atom stereocenters. The van der Waals surface area contributed by atoms with E-state index in [2.05, 4.69) is 45.2 Å². The van der Waals surface area contributed by atoms with Crippen molar-refractivity contribution in [3.05, 3.63) is 47.0 Å². The Morgan fingerprint density at radius 3 is 2.41 bits per heavy atom. The van der Waals surface area contributed by atoms with Gasteiger partial charge in [0.15, 0.2) is 0 Å².